The molecule has 0 radical (unpaired) electrons. The van der Waals surface area contributed by atoms with E-state index < -0.39 is 0 Å². The minimum atomic E-state index is -0.0587. The van der Waals surface area contributed by atoms with Crippen molar-refractivity contribution in [3.8, 4) is 0 Å². The van der Waals surface area contributed by atoms with Crippen LogP contribution >= 0.6 is 11.3 Å². The number of anilines is 1. The number of rotatable bonds is 4. The molecule has 6 heteroatoms. The van der Waals surface area contributed by atoms with Gasteiger partial charge in [0.1, 0.15) is 0 Å². The maximum atomic E-state index is 11.9. The number of hydrogen-bond donors (Lipinski definition) is 1. The molecule has 1 amide bonds. The van der Waals surface area contributed by atoms with Gasteiger partial charge in [-0.15, -0.1) is 11.3 Å². The molecule has 1 fully saturated rings. The third-order valence-electron chi connectivity index (χ3n) is 3.29. The number of aryl methyl sites for hydroxylation is 1. The van der Waals surface area contributed by atoms with Crippen molar-refractivity contribution < 1.29 is 4.79 Å². The lowest BCUT2D eigenvalue weighted by Crippen LogP contribution is -2.49. The Morgan fingerprint density at radius 3 is 2.68 bits per heavy atom. The molecule has 2 N–H and O–H groups in total. The Hall–Kier alpha value is -1.14. The van der Waals surface area contributed by atoms with Crippen molar-refractivity contribution in [1.82, 2.24) is 9.88 Å². The summed E-state index contributed by atoms with van der Waals surface area (Å²) in [4.78, 5) is 21.9. The van der Waals surface area contributed by atoms with E-state index in [2.05, 4.69) is 16.8 Å². The third-order valence-corrected chi connectivity index (χ3v) is 4.49. The van der Waals surface area contributed by atoms with Crippen molar-refractivity contribution in [2.45, 2.75) is 32.7 Å². The van der Waals surface area contributed by atoms with E-state index in [9.17, 15) is 4.79 Å². The smallest absolute Gasteiger partial charge is 0.224 e. The summed E-state index contributed by atoms with van der Waals surface area (Å²) in [6, 6.07) is -0.0587. The Balaban J connectivity index is 1.86. The lowest BCUT2D eigenvalue weighted by molar-refractivity contribution is -0.131. The van der Waals surface area contributed by atoms with Gasteiger partial charge in [0.05, 0.1) is 0 Å². The van der Waals surface area contributed by atoms with Crippen LogP contribution < -0.4 is 10.6 Å². The van der Waals surface area contributed by atoms with Crippen LogP contribution in [0.2, 0.25) is 0 Å². The lowest BCUT2D eigenvalue weighted by Gasteiger charge is -2.34. The quantitative estimate of drug-likeness (QED) is 0.898. The number of carbonyl (C=O) groups excluding carboxylic acids is 1. The number of hydrogen-bond acceptors (Lipinski definition) is 5. The molecule has 1 saturated heterocycles. The van der Waals surface area contributed by atoms with Crippen LogP contribution in [0.15, 0.2) is 6.20 Å². The molecule has 1 aliphatic rings. The second-order valence-electron chi connectivity index (χ2n) is 5.01. The highest BCUT2D eigenvalue weighted by Crippen LogP contribution is 2.23. The number of amides is 1. The van der Waals surface area contributed by atoms with Gasteiger partial charge < -0.3 is 15.5 Å². The normalized spacial score (nSPS) is 17.6. The molecule has 1 unspecified atom stereocenters. The minimum absolute atomic E-state index is 0.0587. The topological polar surface area (TPSA) is 62.5 Å². The Labute approximate surface area is 118 Å². The van der Waals surface area contributed by atoms with Gasteiger partial charge in [-0.1, -0.05) is 6.92 Å². The van der Waals surface area contributed by atoms with Crippen LogP contribution in [0.5, 0.6) is 0 Å². The molecule has 0 saturated carbocycles. The first-order valence-corrected chi connectivity index (χ1v) is 7.64. The zero-order valence-electron chi connectivity index (χ0n) is 11.6. The predicted molar refractivity (Wildman–Crippen MR) is 78.6 cm³/mol. The highest BCUT2D eigenvalue weighted by Gasteiger charge is 2.23. The van der Waals surface area contributed by atoms with Gasteiger partial charge in [0, 0.05) is 49.7 Å². The standard InChI is InChI=1S/C13H22N4OS/c1-3-11-9-15-13(19-11)17-6-4-16(5-7-17)12(18)8-10(2)14/h9-10H,3-8,14H2,1-2H3. The van der Waals surface area contributed by atoms with E-state index in [-0.39, 0.29) is 11.9 Å². The van der Waals surface area contributed by atoms with Gasteiger partial charge in [-0.2, -0.15) is 0 Å². The molecule has 1 atom stereocenters. The van der Waals surface area contributed by atoms with E-state index in [1.807, 2.05) is 18.0 Å². The first-order valence-electron chi connectivity index (χ1n) is 6.83. The molecular formula is C13H22N4OS. The fourth-order valence-electron chi connectivity index (χ4n) is 2.16. The second-order valence-corrected chi connectivity index (χ2v) is 6.11. The van der Waals surface area contributed by atoms with Crippen molar-refractivity contribution in [3.05, 3.63) is 11.1 Å². The summed E-state index contributed by atoms with van der Waals surface area (Å²) < 4.78 is 0. The number of nitrogens with zero attached hydrogens (tertiary/aromatic N) is 3. The number of thiazole rings is 1. The molecule has 106 valence electrons. The second kappa shape index (κ2) is 6.34. The van der Waals surface area contributed by atoms with Crippen molar-refractivity contribution in [2.75, 3.05) is 31.1 Å². The van der Waals surface area contributed by atoms with Gasteiger partial charge in [0.2, 0.25) is 5.91 Å². The molecule has 2 rings (SSSR count). The highest BCUT2D eigenvalue weighted by atomic mass is 32.1. The summed E-state index contributed by atoms with van der Waals surface area (Å²) in [6.07, 6.45) is 3.43. The number of aromatic nitrogens is 1. The summed E-state index contributed by atoms with van der Waals surface area (Å²) in [5, 5.41) is 1.08. The summed E-state index contributed by atoms with van der Waals surface area (Å²) in [6.45, 7) is 7.28. The van der Waals surface area contributed by atoms with Crippen molar-refractivity contribution in [1.29, 1.82) is 0 Å². The molecule has 1 aromatic rings. The van der Waals surface area contributed by atoms with Crippen LogP contribution in [0.3, 0.4) is 0 Å². The van der Waals surface area contributed by atoms with Crippen LogP contribution in [0.25, 0.3) is 0 Å². The van der Waals surface area contributed by atoms with E-state index in [4.69, 9.17) is 5.73 Å². The molecular weight excluding hydrogens is 260 g/mol. The van der Waals surface area contributed by atoms with E-state index in [1.165, 1.54) is 4.88 Å². The first kappa shape index (κ1) is 14.3. The molecule has 5 nitrogen and oxygen atoms in total. The largest absolute Gasteiger partial charge is 0.345 e. The van der Waals surface area contributed by atoms with Crippen molar-refractivity contribution in [2.24, 2.45) is 5.73 Å². The average Bonchev–Trinajstić information content (AvgIpc) is 2.87. The molecule has 0 bridgehead atoms. The van der Waals surface area contributed by atoms with E-state index in [1.54, 1.807) is 11.3 Å². The van der Waals surface area contributed by atoms with Gasteiger partial charge in [-0.05, 0) is 13.3 Å². The van der Waals surface area contributed by atoms with Crippen LogP contribution in [-0.4, -0.2) is 48.0 Å². The van der Waals surface area contributed by atoms with Crippen molar-refractivity contribution >= 4 is 22.4 Å². The molecule has 0 aliphatic carbocycles. The van der Waals surface area contributed by atoms with Crippen LogP contribution in [0.1, 0.15) is 25.1 Å². The Bertz CT molecular complexity index is 424. The van der Waals surface area contributed by atoms with Gasteiger partial charge in [0.15, 0.2) is 5.13 Å². The SMILES string of the molecule is CCc1cnc(N2CCN(C(=O)CC(C)N)CC2)s1. The number of nitrogens with two attached hydrogens (primary N) is 1. The summed E-state index contributed by atoms with van der Waals surface area (Å²) >= 11 is 1.75. The Kier molecular flexibility index (Phi) is 4.76. The zero-order chi connectivity index (χ0) is 13.8. The molecule has 0 spiro atoms. The summed E-state index contributed by atoms with van der Waals surface area (Å²) in [7, 11) is 0. The first-order chi connectivity index (χ1) is 9.10. The lowest BCUT2D eigenvalue weighted by atomic mass is 10.2. The minimum Gasteiger partial charge on any atom is -0.345 e. The van der Waals surface area contributed by atoms with Crippen LogP contribution in [-0.2, 0) is 11.2 Å². The Morgan fingerprint density at radius 2 is 2.16 bits per heavy atom. The van der Waals surface area contributed by atoms with E-state index in [0.29, 0.717) is 6.42 Å². The molecule has 0 aromatic carbocycles. The fraction of sp³-hybridized carbons (Fsp3) is 0.692. The number of carbonyl (C=O) groups is 1. The van der Waals surface area contributed by atoms with Gasteiger partial charge in [0.25, 0.3) is 0 Å². The number of piperazine rings is 1. The molecule has 19 heavy (non-hydrogen) atoms. The van der Waals surface area contributed by atoms with Crippen LogP contribution in [0.4, 0.5) is 5.13 Å². The molecule has 2 heterocycles. The third kappa shape index (κ3) is 3.67. The van der Waals surface area contributed by atoms with E-state index in [0.717, 1.165) is 37.7 Å². The maximum absolute atomic E-state index is 11.9. The van der Waals surface area contributed by atoms with Gasteiger partial charge >= 0.3 is 0 Å². The monoisotopic (exact) mass is 282 g/mol. The van der Waals surface area contributed by atoms with Gasteiger partial charge in [-0.3, -0.25) is 4.79 Å². The zero-order valence-corrected chi connectivity index (χ0v) is 12.4. The summed E-state index contributed by atoms with van der Waals surface area (Å²) in [5.74, 6) is 0.169. The molecule has 1 aliphatic heterocycles. The van der Waals surface area contributed by atoms with Crippen LogP contribution in [0, 0.1) is 0 Å². The van der Waals surface area contributed by atoms with E-state index >= 15 is 0 Å². The Morgan fingerprint density at radius 1 is 1.47 bits per heavy atom. The predicted octanol–water partition coefficient (Wildman–Crippen LogP) is 1.09. The van der Waals surface area contributed by atoms with Gasteiger partial charge in [-0.25, -0.2) is 4.98 Å². The maximum Gasteiger partial charge on any atom is 0.224 e. The molecule has 1 aromatic heterocycles. The van der Waals surface area contributed by atoms with Crippen molar-refractivity contribution in [3.63, 3.8) is 0 Å². The fourth-order valence-corrected chi connectivity index (χ4v) is 3.06. The highest BCUT2D eigenvalue weighted by molar-refractivity contribution is 7.15. The summed E-state index contributed by atoms with van der Waals surface area (Å²) in [5.41, 5.74) is 5.67. The average molecular weight is 282 g/mol.